The molecule has 1 amide bonds. The number of hydrogen-bond donors (Lipinski definition) is 0. The number of aromatic nitrogens is 1. The van der Waals surface area contributed by atoms with Crippen molar-refractivity contribution in [3.63, 3.8) is 0 Å². The van der Waals surface area contributed by atoms with Gasteiger partial charge >= 0.3 is 12.5 Å². The summed E-state index contributed by atoms with van der Waals surface area (Å²) >= 11 is 0. The molecule has 1 aromatic heterocycles. The van der Waals surface area contributed by atoms with E-state index in [1.54, 1.807) is 11.0 Å². The fourth-order valence-corrected chi connectivity index (χ4v) is 5.06. The van der Waals surface area contributed by atoms with E-state index >= 15 is 0 Å². The van der Waals surface area contributed by atoms with Crippen molar-refractivity contribution in [2.45, 2.75) is 83.1 Å². The minimum atomic E-state index is -4.82. The number of rotatable bonds is 6. The number of nitrogens with zero attached hydrogens (tertiary/aromatic N) is 2. The summed E-state index contributed by atoms with van der Waals surface area (Å²) in [6.45, 7) is 6.27. The van der Waals surface area contributed by atoms with Crippen molar-refractivity contribution < 1.29 is 36.7 Å². The number of amides is 1. The van der Waals surface area contributed by atoms with Gasteiger partial charge < -0.3 is 23.6 Å². The van der Waals surface area contributed by atoms with Crippen LogP contribution in [0.3, 0.4) is 0 Å². The van der Waals surface area contributed by atoms with Gasteiger partial charge in [0, 0.05) is 35.5 Å². The lowest BCUT2D eigenvalue weighted by Gasteiger charge is -2.33. The van der Waals surface area contributed by atoms with Gasteiger partial charge in [0.2, 0.25) is 0 Å². The molecule has 7 nitrogen and oxygen atoms in total. The number of likely N-dealkylation sites (tertiary alicyclic amines) is 1. The molecule has 0 radical (unpaired) electrons. The maximum atomic E-state index is 13.0. The number of halogens is 3. The number of ether oxygens (including phenoxy) is 3. The van der Waals surface area contributed by atoms with Crippen molar-refractivity contribution in [1.29, 1.82) is 0 Å². The molecule has 3 aliphatic rings. The number of carbonyl (C=O) groups is 1. The lowest BCUT2D eigenvalue weighted by atomic mass is 10.0. The summed E-state index contributed by atoms with van der Waals surface area (Å²) in [5, 5.41) is 4.13. The van der Waals surface area contributed by atoms with Crippen molar-refractivity contribution in [2.75, 3.05) is 6.54 Å². The van der Waals surface area contributed by atoms with Crippen LogP contribution in [0.1, 0.15) is 63.7 Å². The molecule has 3 fully saturated rings. The molecule has 2 aliphatic carbocycles. The van der Waals surface area contributed by atoms with Crippen LogP contribution in [-0.4, -0.2) is 46.8 Å². The first-order valence-corrected chi connectivity index (χ1v) is 11.9. The predicted octanol–water partition coefficient (Wildman–Crippen LogP) is 6.03. The number of hydrogen-bond acceptors (Lipinski definition) is 6. The van der Waals surface area contributed by atoms with Crippen LogP contribution >= 0.6 is 0 Å². The first kappa shape index (κ1) is 24.0. The molecule has 10 heteroatoms. The van der Waals surface area contributed by atoms with Crippen molar-refractivity contribution >= 4 is 6.09 Å². The summed E-state index contributed by atoms with van der Waals surface area (Å²) in [6.07, 6.45) is -1.76. The highest BCUT2D eigenvalue weighted by Crippen LogP contribution is 2.46. The lowest BCUT2D eigenvalue weighted by molar-refractivity contribution is -0.274. The zero-order valence-corrected chi connectivity index (χ0v) is 19.9. The maximum Gasteiger partial charge on any atom is 0.573 e. The van der Waals surface area contributed by atoms with Crippen LogP contribution in [-0.2, 0) is 16.1 Å². The van der Waals surface area contributed by atoms with Crippen LogP contribution in [0.2, 0.25) is 0 Å². The zero-order valence-electron chi connectivity index (χ0n) is 19.9. The smallest absolute Gasteiger partial charge is 0.444 e. The lowest BCUT2D eigenvalue weighted by Crippen LogP contribution is -2.44. The number of alkyl halides is 3. The molecule has 190 valence electrons. The van der Waals surface area contributed by atoms with Gasteiger partial charge in [-0.05, 0) is 58.6 Å². The number of fused-ring (bicyclic) bond motifs is 2. The SMILES string of the molecule is CC(C)(C)OC(=O)N1C[C@@H]2C[C@H]1C[C@H]2OCc1c(-c2ccccc2OC(F)(F)F)noc1C1CC1. The van der Waals surface area contributed by atoms with Gasteiger partial charge in [-0.15, -0.1) is 13.2 Å². The molecular weight excluding hydrogens is 465 g/mol. The van der Waals surface area contributed by atoms with Gasteiger partial charge in [-0.2, -0.15) is 0 Å². The van der Waals surface area contributed by atoms with Crippen LogP contribution in [0.15, 0.2) is 28.8 Å². The Morgan fingerprint density at radius 1 is 1.17 bits per heavy atom. The van der Waals surface area contributed by atoms with Gasteiger partial charge in [0.05, 0.1) is 12.7 Å². The zero-order chi connectivity index (χ0) is 25.0. The maximum absolute atomic E-state index is 13.0. The quantitative estimate of drug-likeness (QED) is 0.488. The van der Waals surface area contributed by atoms with Crippen LogP contribution in [0.5, 0.6) is 5.75 Å². The number of piperidine rings is 1. The molecule has 0 spiro atoms. The third-order valence-electron chi connectivity index (χ3n) is 6.68. The van der Waals surface area contributed by atoms with E-state index in [0.717, 1.165) is 19.3 Å². The normalized spacial score (nSPS) is 24.2. The summed E-state index contributed by atoms with van der Waals surface area (Å²) in [5.74, 6) is 0.722. The predicted molar refractivity (Wildman–Crippen MR) is 119 cm³/mol. The number of para-hydroxylation sites is 1. The van der Waals surface area contributed by atoms with E-state index in [4.69, 9.17) is 14.0 Å². The van der Waals surface area contributed by atoms with E-state index in [0.29, 0.717) is 30.0 Å². The largest absolute Gasteiger partial charge is 0.573 e. The summed E-state index contributed by atoms with van der Waals surface area (Å²) in [7, 11) is 0. The Hall–Kier alpha value is -2.75. The average molecular weight is 495 g/mol. The van der Waals surface area contributed by atoms with Gasteiger partial charge in [-0.3, -0.25) is 0 Å². The van der Waals surface area contributed by atoms with E-state index < -0.39 is 12.0 Å². The minimum Gasteiger partial charge on any atom is -0.444 e. The Kier molecular flexibility index (Phi) is 5.97. The van der Waals surface area contributed by atoms with Gasteiger partial charge in [0.15, 0.2) is 0 Å². The summed E-state index contributed by atoms with van der Waals surface area (Å²) < 4.78 is 60.6. The van der Waals surface area contributed by atoms with Crippen LogP contribution < -0.4 is 4.74 Å². The second-order valence-corrected chi connectivity index (χ2v) is 10.6. The topological polar surface area (TPSA) is 74.0 Å². The molecule has 1 aliphatic heterocycles. The van der Waals surface area contributed by atoms with Crippen molar-refractivity contribution in [3.8, 4) is 17.0 Å². The van der Waals surface area contributed by atoms with Crippen molar-refractivity contribution in [3.05, 3.63) is 35.6 Å². The van der Waals surface area contributed by atoms with Crippen molar-refractivity contribution in [2.24, 2.45) is 5.92 Å². The van der Waals surface area contributed by atoms with E-state index in [9.17, 15) is 18.0 Å². The summed E-state index contributed by atoms with van der Waals surface area (Å²) in [4.78, 5) is 14.3. The first-order chi connectivity index (χ1) is 16.5. The highest BCUT2D eigenvalue weighted by molar-refractivity contribution is 5.71. The number of benzene rings is 1. The Morgan fingerprint density at radius 2 is 1.91 bits per heavy atom. The van der Waals surface area contributed by atoms with Crippen LogP contribution in [0.25, 0.3) is 11.3 Å². The molecule has 2 saturated carbocycles. The monoisotopic (exact) mass is 494 g/mol. The molecule has 1 aromatic carbocycles. The molecule has 0 unspecified atom stereocenters. The van der Waals surface area contributed by atoms with Crippen LogP contribution in [0.4, 0.5) is 18.0 Å². The van der Waals surface area contributed by atoms with Gasteiger partial charge in [-0.1, -0.05) is 17.3 Å². The van der Waals surface area contributed by atoms with E-state index in [2.05, 4.69) is 9.89 Å². The van der Waals surface area contributed by atoms with E-state index in [1.807, 2.05) is 20.8 Å². The molecular formula is C25H29F3N2O5. The van der Waals surface area contributed by atoms with Gasteiger partial charge in [0.25, 0.3) is 0 Å². The second kappa shape index (κ2) is 8.72. The molecule has 2 heterocycles. The molecule has 2 aromatic rings. The standard InChI is InChI=1S/C25H29F3N2O5/c1-24(2,3)34-23(31)30-12-15-10-16(30)11-20(15)32-13-18-21(29-35-22(18)14-8-9-14)17-6-4-5-7-19(17)33-25(26,27)28/h4-7,14-16,20H,8-13H2,1-3H3/t15-,16-,20+/m0/s1. The summed E-state index contributed by atoms with van der Waals surface area (Å²) in [6, 6.07) is 5.98. The number of carbonyl (C=O) groups excluding carboxylic acids is 1. The van der Waals surface area contributed by atoms with E-state index in [1.165, 1.54) is 18.2 Å². The van der Waals surface area contributed by atoms with Gasteiger partial charge in [0.1, 0.15) is 22.8 Å². The third kappa shape index (κ3) is 5.27. The Bertz CT molecular complexity index is 1090. The highest BCUT2D eigenvalue weighted by atomic mass is 19.4. The Balaban J connectivity index is 1.31. The highest BCUT2D eigenvalue weighted by Gasteiger charge is 2.48. The van der Waals surface area contributed by atoms with Crippen molar-refractivity contribution in [1.82, 2.24) is 10.1 Å². The first-order valence-electron chi connectivity index (χ1n) is 11.9. The average Bonchev–Trinajstić information content (AvgIpc) is 3.21. The van der Waals surface area contributed by atoms with Gasteiger partial charge in [-0.25, -0.2) is 4.79 Å². The molecule has 5 rings (SSSR count). The molecule has 0 N–H and O–H groups in total. The fraction of sp³-hybridized carbons (Fsp3) is 0.600. The van der Waals surface area contributed by atoms with E-state index in [-0.39, 0.29) is 48.0 Å². The molecule has 3 atom stereocenters. The Labute approximate surface area is 201 Å². The molecule has 2 bridgehead atoms. The second-order valence-electron chi connectivity index (χ2n) is 10.6. The third-order valence-corrected chi connectivity index (χ3v) is 6.68. The molecule has 35 heavy (non-hydrogen) atoms. The Morgan fingerprint density at radius 3 is 2.54 bits per heavy atom. The van der Waals surface area contributed by atoms with Crippen LogP contribution in [0, 0.1) is 5.92 Å². The molecule has 1 saturated heterocycles. The summed E-state index contributed by atoms with van der Waals surface area (Å²) in [5.41, 5.74) is 0.635. The fourth-order valence-electron chi connectivity index (χ4n) is 5.06. The minimum absolute atomic E-state index is 0.0600.